The van der Waals surface area contributed by atoms with Gasteiger partial charge in [-0.3, -0.25) is 14.3 Å². The number of aromatic nitrogens is 2. The molecule has 6 heteroatoms. The molecule has 0 bridgehead atoms. The second kappa shape index (κ2) is 6.69. The minimum Gasteiger partial charge on any atom is -0.481 e. The van der Waals surface area contributed by atoms with E-state index in [0.717, 1.165) is 11.1 Å². The minimum absolute atomic E-state index is 0.0765. The van der Waals surface area contributed by atoms with E-state index in [1.807, 2.05) is 6.07 Å². The average Bonchev–Trinajstić information content (AvgIpc) is 2.82. The van der Waals surface area contributed by atoms with Gasteiger partial charge in [0.05, 0.1) is 12.6 Å². The maximum atomic E-state index is 11.9. The standard InChI is InChI=1S/C15H17N3O3/c1-18-10-12(9-16-18)8-14(19)17-13-4-2-3-11(7-13)5-6-15(20)21/h2-4,7,9-10H,5-6,8H2,1H3,(H,17,19)(H,20,21). The van der Waals surface area contributed by atoms with Crippen molar-refractivity contribution in [3.63, 3.8) is 0 Å². The number of aliphatic carboxylic acids is 1. The zero-order valence-corrected chi connectivity index (χ0v) is 11.7. The molecule has 1 amide bonds. The van der Waals surface area contributed by atoms with Crippen LogP contribution < -0.4 is 5.32 Å². The summed E-state index contributed by atoms with van der Waals surface area (Å²) in [7, 11) is 1.80. The second-order valence-electron chi connectivity index (χ2n) is 4.84. The largest absolute Gasteiger partial charge is 0.481 e. The first-order chi connectivity index (χ1) is 10.0. The smallest absolute Gasteiger partial charge is 0.303 e. The SMILES string of the molecule is Cn1cc(CC(=O)Nc2cccc(CCC(=O)O)c2)cn1. The van der Waals surface area contributed by atoms with Gasteiger partial charge in [0.25, 0.3) is 0 Å². The number of benzene rings is 1. The maximum Gasteiger partial charge on any atom is 0.303 e. The van der Waals surface area contributed by atoms with Gasteiger partial charge in [-0.15, -0.1) is 0 Å². The van der Waals surface area contributed by atoms with Crippen molar-refractivity contribution in [2.24, 2.45) is 7.05 Å². The van der Waals surface area contributed by atoms with Gasteiger partial charge in [0.1, 0.15) is 0 Å². The lowest BCUT2D eigenvalue weighted by Gasteiger charge is -2.06. The topological polar surface area (TPSA) is 84.2 Å². The summed E-state index contributed by atoms with van der Waals surface area (Å²) in [6.45, 7) is 0. The first kappa shape index (κ1) is 14.8. The van der Waals surface area contributed by atoms with Gasteiger partial charge in [0, 0.05) is 25.4 Å². The molecule has 0 fully saturated rings. The van der Waals surface area contributed by atoms with Crippen molar-refractivity contribution in [3.05, 3.63) is 47.8 Å². The Bertz CT molecular complexity index is 649. The molecule has 0 aliphatic rings. The predicted molar refractivity (Wildman–Crippen MR) is 77.9 cm³/mol. The Hall–Kier alpha value is -2.63. The number of hydrogen-bond acceptors (Lipinski definition) is 3. The fraction of sp³-hybridized carbons (Fsp3) is 0.267. The van der Waals surface area contributed by atoms with Gasteiger partial charge in [0.15, 0.2) is 0 Å². The molecule has 0 saturated heterocycles. The third kappa shape index (κ3) is 4.76. The molecule has 0 unspecified atom stereocenters. The summed E-state index contributed by atoms with van der Waals surface area (Å²) in [6, 6.07) is 7.23. The van der Waals surface area contributed by atoms with E-state index in [4.69, 9.17) is 5.11 Å². The van der Waals surface area contributed by atoms with Crippen molar-refractivity contribution >= 4 is 17.6 Å². The quantitative estimate of drug-likeness (QED) is 0.845. The van der Waals surface area contributed by atoms with Gasteiger partial charge in [-0.05, 0) is 29.7 Å². The molecule has 6 nitrogen and oxygen atoms in total. The molecule has 110 valence electrons. The lowest BCUT2D eigenvalue weighted by atomic mass is 10.1. The van der Waals surface area contributed by atoms with E-state index >= 15 is 0 Å². The van der Waals surface area contributed by atoms with E-state index in [9.17, 15) is 9.59 Å². The number of carboxylic acid groups (broad SMARTS) is 1. The highest BCUT2D eigenvalue weighted by atomic mass is 16.4. The van der Waals surface area contributed by atoms with Gasteiger partial charge in [-0.1, -0.05) is 12.1 Å². The zero-order valence-electron chi connectivity index (χ0n) is 11.7. The number of nitrogens with zero attached hydrogens (tertiary/aromatic N) is 2. The monoisotopic (exact) mass is 287 g/mol. The van der Waals surface area contributed by atoms with Crippen LogP contribution in [-0.2, 0) is 29.5 Å². The summed E-state index contributed by atoms with van der Waals surface area (Å²) in [6.07, 6.45) is 4.23. The number of anilines is 1. The normalized spacial score (nSPS) is 10.3. The number of carbonyl (C=O) groups is 2. The molecule has 1 aromatic heterocycles. The summed E-state index contributed by atoms with van der Waals surface area (Å²) in [5.74, 6) is -0.959. The van der Waals surface area contributed by atoms with Crippen molar-refractivity contribution in [1.82, 2.24) is 9.78 Å². The van der Waals surface area contributed by atoms with Gasteiger partial charge < -0.3 is 10.4 Å². The summed E-state index contributed by atoms with van der Waals surface area (Å²) in [5.41, 5.74) is 2.40. The van der Waals surface area contributed by atoms with Crippen LogP contribution in [-0.4, -0.2) is 26.8 Å². The summed E-state index contributed by atoms with van der Waals surface area (Å²) in [5, 5.41) is 15.5. The molecule has 2 N–H and O–H groups in total. The van der Waals surface area contributed by atoms with Crippen LogP contribution in [0.1, 0.15) is 17.5 Å². The minimum atomic E-state index is -0.832. The third-order valence-electron chi connectivity index (χ3n) is 2.96. The summed E-state index contributed by atoms with van der Waals surface area (Å²) >= 11 is 0. The van der Waals surface area contributed by atoms with E-state index in [-0.39, 0.29) is 18.7 Å². The molecule has 0 atom stereocenters. The Labute approximate surface area is 122 Å². The first-order valence-electron chi connectivity index (χ1n) is 6.61. The second-order valence-corrected chi connectivity index (χ2v) is 4.84. The van der Waals surface area contributed by atoms with Crippen LogP contribution >= 0.6 is 0 Å². The molecule has 0 saturated carbocycles. The molecule has 1 heterocycles. The van der Waals surface area contributed by atoms with Crippen LogP contribution in [0.4, 0.5) is 5.69 Å². The molecular formula is C15H17N3O3. The highest BCUT2D eigenvalue weighted by molar-refractivity contribution is 5.92. The molecule has 0 aliphatic heterocycles. The van der Waals surface area contributed by atoms with Crippen LogP contribution in [0.15, 0.2) is 36.7 Å². The zero-order chi connectivity index (χ0) is 15.2. The molecule has 0 spiro atoms. The van der Waals surface area contributed by atoms with E-state index < -0.39 is 5.97 Å². The number of amides is 1. The summed E-state index contributed by atoms with van der Waals surface area (Å²) in [4.78, 5) is 22.5. The first-order valence-corrected chi connectivity index (χ1v) is 6.61. The molecule has 0 aliphatic carbocycles. The number of hydrogen-bond donors (Lipinski definition) is 2. The number of rotatable bonds is 6. The highest BCUT2D eigenvalue weighted by Crippen LogP contribution is 2.13. The van der Waals surface area contributed by atoms with Gasteiger partial charge in [-0.25, -0.2) is 0 Å². The summed E-state index contributed by atoms with van der Waals surface area (Å²) < 4.78 is 1.65. The number of nitrogens with one attached hydrogen (secondary N) is 1. The van der Waals surface area contributed by atoms with Crippen molar-refractivity contribution in [1.29, 1.82) is 0 Å². The Morgan fingerprint density at radius 2 is 2.14 bits per heavy atom. The Kier molecular flexibility index (Phi) is 4.71. The van der Waals surface area contributed by atoms with Crippen LogP contribution in [0.25, 0.3) is 0 Å². The molecule has 1 aromatic carbocycles. The number of carbonyl (C=O) groups excluding carboxylic acids is 1. The Morgan fingerprint density at radius 1 is 1.33 bits per heavy atom. The molecule has 21 heavy (non-hydrogen) atoms. The van der Waals surface area contributed by atoms with Crippen molar-refractivity contribution in [2.45, 2.75) is 19.3 Å². The van der Waals surface area contributed by atoms with Crippen LogP contribution in [0.2, 0.25) is 0 Å². The van der Waals surface area contributed by atoms with E-state index in [0.29, 0.717) is 12.1 Å². The Morgan fingerprint density at radius 3 is 2.81 bits per heavy atom. The maximum absolute atomic E-state index is 11.9. The lowest BCUT2D eigenvalue weighted by molar-refractivity contribution is -0.137. The van der Waals surface area contributed by atoms with Crippen LogP contribution in [0, 0.1) is 0 Å². The molecule has 2 rings (SSSR count). The molecule has 0 radical (unpaired) electrons. The molecule has 2 aromatic rings. The van der Waals surface area contributed by atoms with E-state index in [2.05, 4.69) is 10.4 Å². The predicted octanol–water partition coefficient (Wildman–Crippen LogP) is 1.62. The van der Waals surface area contributed by atoms with Crippen molar-refractivity contribution in [3.8, 4) is 0 Å². The van der Waals surface area contributed by atoms with Gasteiger partial charge in [0.2, 0.25) is 5.91 Å². The van der Waals surface area contributed by atoms with Gasteiger partial charge >= 0.3 is 5.97 Å². The van der Waals surface area contributed by atoms with Crippen molar-refractivity contribution < 1.29 is 14.7 Å². The molecular weight excluding hydrogens is 270 g/mol. The Balaban J connectivity index is 1.94. The lowest BCUT2D eigenvalue weighted by Crippen LogP contribution is -2.14. The highest BCUT2D eigenvalue weighted by Gasteiger charge is 2.06. The average molecular weight is 287 g/mol. The van der Waals surface area contributed by atoms with Crippen molar-refractivity contribution in [2.75, 3.05) is 5.32 Å². The van der Waals surface area contributed by atoms with Gasteiger partial charge in [-0.2, -0.15) is 5.10 Å². The van der Waals surface area contributed by atoms with Crippen LogP contribution in [0.5, 0.6) is 0 Å². The number of aryl methyl sites for hydroxylation is 2. The fourth-order valence-corrected chi connectivity index (χ4v) is 2.01. The number of carboxylic acids is 1. The van der Waals surface area contributed by atoms with E-state index in [1.165, 1.54) is 0 Å². The fourth-order valence-electron chi connectivity index (χ4n) is 2.01. The van der Waals surface area contributed by atoms with E-state index in [1.54, 1.807) is 42.3 Å². The third-order valence-corrected chi connectivity index (χ3v) is 2.96. The van der Waals surface area contributed by atoms with Crippen LogP contribution in [0.3, 0.4) is 0 Å².